The predicted molar refractivity (Wildman–Crippen MR) is 150 cm³/mol. The van der Waals surface area contributed by atoms with Crippen LogP contribution in [0.1, 0.15) is 16.7 Å². The Kier molecular flexibility index (Phi) is 8.67. The third-order valence-electron chi connectivity index (χ3n) is 5.87. The second kappa shape index (κ2) is 11.8. The average molecular weight is 590 g/mol. The minimum Gasteiger partial charge on any atom is -0.480 e. The maximum atomic E-state index is 13.3. The van der Waals surface area contributed by atoms with Crippen LogP contribution in [0.3, 0.4) is 0 Å². The Labute approximate surface area is 231 Å². The number of carboxylic acids is 1. The van der Waals surface area contributed by atoms with E-state index < -0.39 is 29.9 Å². The molecule has 7 nitrogen and oxygen atoms in total. The van der Waals surface area contributed by atoms with Crippen LogP contribution < -0.4 is 10.6 Å². The Morgan fingerprint density at radius 3 is 2.53 bits per heavy atom. The standard InChI is InChI=1S/C27H22Cl2NO6PS/c1-37(33,20-6-5-19-7-9-36-26(19)15-20)10-8-18-12-23(28)22(24(29)13-18)16-30-25(27(31)32)14-17-3-2-4-21(11-17)38(34)35/h2-7,9,11-13,15,25,30,38H,14,16H2,1H3,(H,31,32)/t25-,37?/m0/s1. The fraction of sp³-hybridized carbons (Fsp3) is 0.148. The van der Waals surface area contributed by atoms with Crippen molar-refractivity contribution in [1.29, 1.82) is 0 Å². The summed E-state index contributed by atoms with van der Waals surface area (Å²) in [5.41, 5.74) is 4.96. The molecule has 0 bridgehead atoms. The van der Waals surface area contributed by atoms with Crippen molar-refractivity contribution in [2.75, 3.05) is 6.66 Å². The maximum Gasteiger partial charge on any atom is 0.321 e. The molecule has 196 valence electrons. The molecule has 11 heteroatoms. The van der Waals surface area contributed by atoms with E-state index in [0.29, 0.717) is 27.6 Å². The first-order valence-electron chi connectivity index (χ1n) is 11.3. The molecule has 1 heterocycles. The number of fused-ring (bicyclic) bond motifs is 1. The van der Waals surface area contributed by atoms with E-state index in [1.54, 1.807) is 49.3 Å². The van der Waals surface area contributed by atoms with Crippen LogP contribution in [-0.2, 0) is 33.0 Å². The Morgan fingerprint density at radius 2 is 1.84 bits per heavy atom. The first-order valence-corrected chi connectivity index (χ1v) is 15.4. The molecule has 0 aliphatic carbocycles. The van der Waals surface area contributed by atoms with Crippen LogP contribution in [0.5, 0.6) is 0 Å². The summed E-state index contributed by atoms with van der Waals surface area (Å²) in [4.78, 5) is 11.9. The summed E-state index contributed by atoms with van der Waals surface area (Å²) in [6.45, 7) is 1.62. The van der Waals surface area contributed by atoms with Crippen molar-refractivity contribution in [3.63, 3.8) is 0 Å². The van der Waals surface area contributed by atoms with E-state index in [1.165, 1.54) is 12.1 Å². The highest BCUT2D eigenvalue weighted by Gasteiger charge is 2.20. The number of thiol groups is 1. The number of nitrogens with one attached hydrogen (secondary N) is 1. The van der Waals surface area contributed by atoms with Gasteiger partial charge < -0.3 is 14.1 Å². The Hall–Kier alpha value is -3.05. The first-order chi connectivity index (χ1) is 18.0. The van der Waals surface area contributed by atoms with Crippen LogP contribution in [0.4, 0.5) is 0 Å². The molecule has 2 atom stereocenters. The van der Waals surface area contributed by atoms with E-state index in [1.807, 2.05) is 12.1 Å². The first kappa shape index (κ1) is 28.0. The highest BCUT2D eigenvalue weighted by molar-refractivity contribution is 7.75. The lowest BCUT2D eigenvalue weighted by molar-refractivity contribution is -0.139. The van der Waals surface area contributed by atoms with Crippen molar-refractivity contribution in [3.05, 3.63) is 93.7 Å². The number of hydrogen-bond acceptors (Lipinski definition) is 6. The van der Waals surface area contributed by atoms with Crippen molar-refractivity contribution in [2.24, 2.45) is 0 Å². The number of benzene rings is 3. The van der Waals surface area contributed by atoms with Crippen LogP contribution in [0.15, 0.2) is 76.2 Å². The molecule has 0 amide bonds. The Bertz CT molecular complexity index is 1690. The van der Waals surface area contributed by atoms with E-state index in [-0.39, 0.29) is 27.9 Å². The quantitative estimate of drug-likeness (QED) is 0.148. The summed E-state index contributed by atoms with van der Waals surface area (Å²) in [6.07, 6.45) is 1.62. The van der Waals surface area contributed by atoms with Gasteiger partial charge in [-0.1, -0.05) is 47.3 Å². The minimum atomic E-state index is -3.04. The van der Waals surface area contributed by atoms with E-state index in [2.05, 4.69) is 16.9 Å². The normalized spacial score (nSPS) is 13.6. The van der Waals surface area contributed by atoms with Crippen LogP contribution in [-0.4, -0.2) is 32.2 Å². The number of furan rings is 1. The Morgan fingerprint density at radius 1 is 1.11 bits per heavy atom. The molecule has 38 heavy (non-hydrogen) atoms. The highest BCUT2D eigenvalue weighted by atomic mass is 35.5. The number of carboxylic acid groups (broad SMARTS) is 1. The van der Waals surface area contributed by atoms with Gasteiger partial charge in [-0.2, -0.15) is 0 Å². The molecule has 1 aromatic heterocycles. The van der Waals surface area contributed by atoms with Gasteiger partial charge in [-0.3, -0.25) is 10.1 Å². The molecule has 0 spiro atoms. The summed E-state index contributed by atoms with van der Waals surface area (Å²) in [5, 5.41) is 14.6. The zero-order chi connectivity index (χ0) is 27.4. The van der Waals surface area contributed by atoms with Gasteiger partial charge in [0.25, 0.3) is 0 Å². The van der Waals surface area contributed by atoms with Crippen molar-refractivity contribution in [3.8, 4) is 11.6 Å². The van der Waals surface area contributed by atoms with Gasteiger partial charge in [0, 0.05) is 45.1 Å². The van der Waals surface area contributed by atoms with Crippen LogP contribution >= 0.6 is 30.3 Å². The molecule has 0 aliphatic rings. The van der Waals surface area contributed by atoms with Gasteiger partial charge in [0.15, 0.2) is 17.8 Å². The van der Waals surface area contributed by atoms with Crippen molar-refractivity contribution in [1.82, 2.24) is 5.32 Å². The Balaban J connectivity index is 1.50. The third-order valence-corrected chi connectivity index (χ3v) is 9.05. The summed E-state index contributed by atoms with van der Waals surface area (Å²) < 4.78 is 41.1. The summed E-state index contributed by atoms with van der Waals surface area (Å²) in [7, 11) is -5.81. The molecular formula is C27H22Cl2NO6PS. The topological polar surface area (TPSA) is 114 Å². The van der Waals surface area contributed by atoms with Crippen molar-refractivity contribution in [2.45, 2.75) is 23.9 Å². The van der Waals surface area contributed by atoms with Gasteiger partial charge in [-0.15, -0.1) is 0 Å². The van der Waals surface area contributed by atoms with Crippen LogP contribution in [0.2, 0.25) is 10.0 Å². The van der Waals surface area contributed by atoms with Gasteiger partial charge in [0.05, 0.1) is 11.2 Å². The maximum absolute atomic E-state index is 13.3. The van der Waals surface area contributed by atoms with Crippen LogP contribution in [0.25, 0.3) is 11.0 Å². The second-order valence-electron chi connectivity index (χ2n) is 8.63. The van der Waals surface area contributed by atoms with E-state index in [4.69, 9.17) is 27.6 Å². The molecule has 0 fully saturated rings. The molecule has 0 aliphatic heterocycles. The molecule has 4 rings (SSSR count). The number of aliphatic carboxylic acids is 1. The summed E-state index contributed by atoms with van der Waals surface area (Å²) >= 11 is 12.9. The number of hydrogen-bond donors (Lipinski definition) is 3. The van der Waals surface area contributed by atoms with Gasteiger partial charge >= 0.3 is 5.97 Å². The van der Waals surface area contributed by atoms with Gasteiger partial charge in [-0.25, -0.2) is 8.42 Å². The number of rotatable bonds is 8. The fourth-order valence-corrected chi connectivity index (χ4v) is 6.09. The summed E-state index contributed by atoms with van der Waals surface area (Å²) in [6, 6.07) is 15.4. The van der Waals surface area contributed by atoms with Gasteiger partial charge in [-0.05, 0) is 60.1 Å². The van der Waals surface area contributed by atoms with E-state index in [9.17, 15) is 22.9 Å². The lowest BCUT2D eigenvalue weighted by atomic mass is 10.1. The van der Waals surface area contributed by atoms with E-state index in [0.717, 1.165) is 5.39 Å². The second-order valence-corrected chi connectivity index (χ2v) is 13.1. The zero-order valence-electron chi connectivity index (χ0n) is 20.0. The summed E-state index contributed by atoms with van der Waals surface area (Å²) in [5.74, 6) is 1.78. The molecule has 4 aromatic rings. The molecule has 3 aromatic carbocycles. The lowest BCUT2D eigenvalue weighted by Crippen LogP contribution is -2.38. The minimum absolute atomic E-state index is 0.0489. The third kappa shape index (κ3) is 6.68. The largest absolute Gasteiger partial charge is 0.480 e. The monoisotopic (exact) mass is 589 g/mol. The van der Waals surface area contributed by atoms with Gasteiger partial charge in [0.1, 0.15) is 11.6 Å². The average Bonchev–Trinajstić information content (AvgIpc) is 3.34. The molecule has 0 radical (unpaired) electrons. The molecule has 0 saturated carbocycles. The van der Waals surface area contributed by atoms with Crippen molar-refractivity contribution >= 4 is 63.3 Å². The van der Waals surface area contributed by atoms with Crippen LogP contribution in [0, 0.1) is 11.6 Å². The molecule has 2 N–H and O–H groups in total. The molecule has 1 unspecified atom stereocenters. The smallest absolute Gasteiger partial charge is 0.321 e. The lowest BCUT2D eigenvalue weighted by Gasteiger charge is -2.16. The molecule has 0 saturated heterocycles. The van der Waals surface area contributed by atoms with Crippen molar-refractivity contribution < 1.29 is 27.3 Å². The molecular weight excluding hydrogens is 568 g/mol. The van der Waals surface area contributed by atoms with E-state index >= 15 is 0 Å². The fourth-order valence-electron chi connectivity index (χ4n) is 3.79. The number of halogens is 2. The highest BCUT2D eigenvalue weighted by Crippen LogP contribution is 2.39. The SMILES string of the molecule is CP(=O)(C#Cc1cc(Cl)c(CN[C@@H](Cc2cccc([SH](=O)=O)c2)C(=O)O)c(Cl)c1)c1ccc2ccoc2c1. The number of carbonyl (C=O) groups is 1. The predicted octanol–water partition coefficient (Wildman–Crippen LogP) is 5.12. The van der Waals surface area contributed by atoms with Gasteiger partial charge in [0.2, 0.25) is 0 Å². The zero-order valence-corrected chi connectivity index (χ0v) is 23.3.